The summed E-state index contributed by atoms with van der Waals surface area (Å²) in [5.41, 5.74) is 1.28. The lowest BCUT2D eigenvalue weighted by Crippen LogP contribution is -2.58. The monoisotopic (exact) mass is 584 g/mol. The lowest BCUT2D eigenvalue weighted by atomic mass is 9.95. The summed E-state index contributed by atoms with van der Waals surface area (Å²) in [6.45, 7) is 14.6. The number of carbonyl (C=O) groups is 4. The number of benzene rings is 1. The van der Waals surface area contributed by atoms with E-state index in [1.54, 1.807) is 24.9 Å². The summed E-state index contributed by atoms with van der Waals surface area (Å²) in [6, 6.07) is 7.45. The molecule has 3 amide bonds. The van der Waals surface area contributed by atoms with Gasteiger partial charge in [0.15, 0.2) is 0 Å². The minimum absolute atomic E-state index is 0.0132. The van der Waals surface area contributed by atoms with Gasteiger partial charge in [0.25, 0.3) is 0 Å². The molecule has 1 heterocycles. The second kappa shape index (κ2) is 16.4. The van der Waals surface area contributed by atoms with E-state index in [4.69, 9.17) is 4.74 Å². The van der Waals surface area contributed by atoms with E-state index in [2.05, 4.69) is 29.4 Å². The summed E-state index contributed by atoms with van der Waals surface area (Å²) in [7, 11) is 3.01. The zero-order valence-corrected chi connectivity index (χ0v) is 27.0. The summed E-state index contributed by atoms with van der Waals surface area (Å²) in [6.07, 6.45) is 4.89. The fourth-order valence-electron chi connectivity index (χ4n) is 5.52. The summed E-state index contributed by atoms with van der Waals surface area (Å²) in [5, 5.41) is 5.86. The Bertz CT molecular complexity index is 1090. The van der Waals surface area contributed by atoms with Crippen LogP contribution in [0.2, 0.25) is 0 Å². The molecule has 1 aromatic carbocycles. The van der Waals surface area contributed by atoms with E-state index in [1.165, 1.54) is 7.11 Å². The van der Waals surface area contributed by atoms with Crippen LogP contribution in [-0.4, -0.2) is 84.4 Å². The number of carbonyl (C=O) groups excluding carboxylic acids is 4. The van der Waals surface area contributed by atoms with Crippen molar-refractivity contribution in [2.75, 3.05) is 20.7 Å². The maximum absolute atomic E-state index is 13.8. The lowest BCUT2D eigenvalue weighted by Gasteiger charge is -2.39. The highest BCUT2D eigenvalue weighted by molar-refractivity contribution is 5.96. The molecule has 42 heavy (non-hydrogen) atoms. The van der Waals surface area contributed by atoms with Crippen LogP contribution < -0.4 is 10.6 Å². The molecule has 0 radical (unpaired) electrons. The second-order valence-electron chi connectivity index (χ2n) is 12.3. The molecule has 0 saturated carbocycles. The van der Waals surface area contributed by atoms with Crippen LogP contribution >= 0.6 is 0 Å². The van der Waals surface area contributed by atoms with E-state index in [1.807, 2.05) is 58.0 Å². The third-order valence-corrected chi connectivity index (χ3v) is 8.07. The van der Waals surface area contributed by atoms with Crippen molar-refractivity contribution in [1.29, 1.82) is 0 Å². The van der Waals surface area contributed by atoms with Gasteiger partial charge in [-0.3, -0.25) is 19.3 Å². The molecule has 234 valence electrons. The number of nitrogens with one attached hydrogen (secondary N) is 2. The van der Waals surface area contributed by atoms with Gasteiger partial charge < -0.3 is 20.3 Å². The SMILES string of the molecule is COC(=O)[C@H](Cc1ccccc1)NC(=O)/C(C)=C/[C@H](C(C)C)N(C)C(=O)[C@@H](NC(=O)[C@H]1CCCCN1C(C)C)C(C)C. The van der Waals surface area contributed by atoms with Crippen LogP contribution in [0.1, 0.15) is 73.3 Å². The molecule has 2 rings (SSSR count). The highest BCUT2D eigenvalue weighted by Crippen LogP contribution is 2.21. The van der Waals surface area contributed by atoms with E-state index in [9.17, 15) is 19.2 Å². The van der Waals surface area contributed by atoms with Crippen LogP contribution in [0.15, 0.2) is 42.0 Å². The molecule has 4 atom stereocenters. The van der Waals surface area contributed by atoms with Gasteiger partial charge in [-0.2, -0.15) is 0 Å². The topological polar surface area (TPSA) is 108 Å². The number of piperidine rings is 1. The number of nitrogens with zero attached hydrogens (tertiary/aromatic N) is 2. The zero-order valence-electron chi connectivity index (χ0n) is 27.0. The molecule has 1 fully saturated rings. The highest BCUT2D eigenvalue weighted by Gasteiger charge is 2.36. The maximum Gasteiger partial charge on any atom is 0.328 e. The Morgan fingerprint density at radius 1 is 1.00 bits per heavy atom. The van der Waals surface area contributed by atoms with Crippen LogP contribution in [-0.2, 0) is 30.3 Å². The number of rotatable bonds is 13. The molecule has 0 spiro atoms. The number of esters is 1. The number of ether oxygens (including phenoxy) is 1. The van der Waals surface area contributed by atoms with E-state index >= 15 is 0 Å². The third kappa shape index (κ3) is 9.68. The van der Waals surface area contributed by atoms with Gasteiger partial charge in [-0.25, -0.2) is 4.79 Å². The first kappa shape index (κ1) is 35.0. The predicted octanol–water partition coefficient (Wildman–Crippen LogP) is 3.72. The van der Waals surface area contributed by atoms with Gasteiger partial charge in [0.2, 0.25) is 17.7 Å². The predicted molar refractivity (Wildman–Crippen MR) is 165 cm³/mol. The van der Waals surface area contributed by atoms with Gasteiger partial charge in [-0.05, 0) is 57.6 Å². The van der Waals surface area contributed by atoms with Gasteiger partial charge in [-0.15, -0.1) is 0 Å². The van der Waals surface area contributed by atoms with Crippen molar-refractivity contribution in [2.24, 2.45) is 11.8 Å². The molecule has 9 nitrogen and oxygen atoms in total. The quantitative estimate of drug-likeness (QED) is 0.270. The van der Waals surface area contributed by atoms with Crippen molar-refractivity contribution in [3.63, 3.8) is 0 Å². The van der Waals surface area contributed by atoms with Crippen molar-refractivity contribution < 1.29 is 23.9 Å². The number of likely N-dealkylation sites (tertiary alicyclic amines) is 1. The molecule has 2 N–H and O–H groups in total. The number of methoxy groups -OCH3 is 1. The number of amides is 3. The van der Waals surface area contributed by atoms with Gasteiger partial charge >= 0.3 is 5.97 Å². The van der Waals surface area contributed by atoms with Crippen molar-refractivity contribution in [3.8, 4) is 0 Å². The number of likely N-dealkylation sites (N-methyl/N-ethyl adjacent to an activating group) is 1. The van der Waals surface area contributed by atoms with E-state index in [-0.39, 0.29) is 35.7 Å². The molecule has 0 aromatic heterocycles. The minimum Gasteiger partial charge on any atom is -0.467 e. The standard InChI is InChI=1S/C33H52N4O5/c1-21(2)28(19-24(7)30(38)34-26(33(41)42-9)20-25-15-11-10-12-16-25)36(8)32(40)29(22(3)4)35-31(39)27-17-13-14-18-37(27)23(5)6/h10-12,15-16,19,21-23,26-29H,13-14,17-18,20H2,1-9H3,(H,34,38)(H,35,39)/b24-19+/t26-,27+,28+,29-/m0/s1. The average Bonchev–Trinajstić information content (AvgIpc) is 2.96. The normalized spacial score (nSPS) is 18.4. The Morgan fingerprint density at radius 3 is 2.19 bits per heavy atom. The first-order valence-corrected chi connectivity index (χ1v) is 15.2. The van der Waals surface area contributed by atoms with E-state index in [0.29, 0.717) is 12.0 Å². The molecule has 1 aromatic rings. The largest absolute Gasteiger partial charge is 0.467 e. The summed E-state index contributed by atoms with van der Waals surface area (Å²) < 4.78 is 4.93. The Balaban J connectivity index is 2.20. The summed E-state index contributed by atoms with van der Waals surface area (Å²) in [4.78, 5) is 56.7. The number of hydrogen-bond acceptors (Lipinski definition) is 6. The zero-order chi connectivity index (χ0) is 31.6. The van der Waals surface area contributed by atoms with Crippen molar-refractivity contribution in [3.05, 3.63) is 47.5 Å². The van der Waals surface area contributed by atoms with Crippen LogP contribution in [0.25, 0.3) is 0 Å². The minimum atomic E-state index is -0.851. The van der Waals surface area contributed by atoms with E-state index in [0.717, 1.165) is 31.4 Å². The Kier molecular flexibility index (Phi) is 13.7. The van der Waals surface area contributed by atoms with Gasteiger partial charge in [-0.1, -0.05) is 70.5 Å². The average molecular weight is 585 g/mol. The Hall–Kier alpha value is -3.20. The molecule has 1 saturated heterocycles. The van der Waals surface area contributed by atoms with Gasteiger partial charge in [0.05, 0.1) is 19.2 Å². The van der Waals surface area contributed by atoms with Crippen LogP contribution in [0, 0.1) is 11.8 Å². The summed E-state index contributed by atoms with van der Waals surface area (Å²) in [5.74, 6) is -1.39. The van der Waals surface area contributed by atoms with Crippen molar-refractivity contribution in [2.45, 2.75) is 104 Å². The van der Waals surface area contributed by atoms with Crippen molar-refractivity contribution in [1.82, 2.24) is 20.4 Å². The molecular formula is C33H52N4O5. The molecular weight excluding hydrogens is 532 g/mol. The van der Waals surface area contributed by atoms with Crippen molar-refractivity contribution >= 4 is 23.7 Å². The summed E-state index contributed by atoms with van der Waals surface area (Å²) >= 11 is 0. The molecule has 0 bridgehead atoms. The maximum atomic E-state index is 13.8. The molecule has 1 aliphatic heterocycles. The van der Waals surface area contributed by atoms with Crippen LogP contribution in [0.4, 0.5) is 0 Å². The molecule has 9 heteroatoms. The molecule has 0 aliphatic carbocycles. The molecule has 1 aliphatic rings. The highest BCUT2D eigenvalue weighted by atomic mass is 16.5. The fourth-order valence-corrected chi connectivity index (χ4v) is 5.52. The van der Waals surface area contributed by atoms with Crippen LogP contribution in [0.5, 0.6) is 0 Å². The third-order valence-electron chi connectivity index (χ3n) is 8.07. The smallest absolute Gasteiger partial charge is 0.328 e. The molecule has 0 unspecified atom stereocenters. The number of hydrogen-bond donors (Lipinski definition) is 2. The van der Waals surface area contributed by atoms with Crippen LogP contribution in [0.3, 0.4) is 0 Å². The first-order valence-electron chi connectivity index (χ1n) is 15.2. The fraction of sp³-hybridized carbons (Fsp3) is 0.636. The van der Waals surface area contributed by atoms with Gasteiger partial charge in [0.1, 0.15) is 12.1 Å². The Labute approximate surface area is 252 Å². The Morgan fingerprint density at radius 2 is 1.64 bits per heavy atom. The van der Waals surface area contributed by atoms with Gasteiger partial charge in [0, 0.05) is 25.1 Å². The second-order valence-corrected chi connectivity index (χ2v) is 12.3. The first-order chi connectivity index (χ1) is 19.8. The van der Waals surface area contributed by atoms with E-state index < -0.39 is 30.0 Å². The lowest BCUT2D eigenvalue weighted by molar-refractivity contribution is -0.144.